The van der Waals surface area contributed by atoms with Crippen molar-refractivity contribution in [1.29, 1.82) is 0 Å². The van der Waals surface area contributed by atoms with E-state index in [1.165, 1.54) is 12.1 Å². The van der Waals surface area contributed by atoms with Gasteiger partial charge in [-0.1, -0.05) is 17.3 Å². The van der Waals surface area contributed by atoms with Crippen LogP contribution in [0.3, 0.4) is 0 Å². The van der Waals surface area contributed by atoms with Crippen molar-refractivity contribution in [2.75, 3.05) is 38.8 Å². The quantitative estimate of drug-likeness (QED) is 0.418. The van der Waals surface area contributed by atoms with Crippen molar-refractivity contribution in [2.24, 2.45) is 0 Å². The number of carbonyl (C=O) groups excluding carboxylic acids is 1. The number of sulfone groups is 1. The van der Waals surface area contributed by atoms with Crippen LogP contribution in [0, 0.1) is 0 Å². The zero-order valence-electron chi connectivity index (χ0n) is 22.1. The van der Waals surface area contributed by atoms with Crippen molar-refractivity contribution >= 4 is 21.4 Å². The highest BCUT2D eigenvalue weighted by molar-refractivity contribution is 7.93. The van der Waals surface area contributed by atoms with E-state index >= 15 is 0 Å². The molecule has 3 heterocycles. The van der Waals surface area contributed by atoms with Gasteiger partial charge in [-0.25, -0.2) is 23.4 Å². The molecular formula is C27H33N5O6S. The summed E-state index contributed by atoms with van der Waals surface area (Å²) in [7, 11) is -0.130. The molecule has 208 valence electrons. The minimum atomic E-state index is -4.09. The lowest BCUT2D eigenvalue weighted by atomic mass is 9.98. The van der Waals surface area contributed by atoms with Gasteiger partial charge in [0.25, 0.3) is 5.91 Å². The van der Waals surface area contributed by atoms with Gasteiger partial charge in [-0.2, -0.15) is 0 Å². The van der Waals surface area contributed by atoms with Crippen LogP contribution in [0.25, 0.3) is 16.9 Å². The Hall–Kier alpha value is -3.32. The number of hydroxylamine groups is 1. The molecule has 0 aliphatic carbocycles. The van der Waals surface area contributed by atoms with Crippen LogP contribution < -0.4 is 10.4 Å². The van der Waals surface area contributed by atoms with Gasteiger partial charge in [-0.15, -0.1) is 5.10 Å². The molecule has 39 heavy (non-hydrogen) atoms. The van der Waals surface area contributed by atoms with Gasteiger partial charge in [0, 0.05) is 51.6 Å². The van der Waals surface area contributed by atoms with Crippen LogP contribution in [0.1, 0.15) is 32.1 Å². The van der Waals surface area contributed by atoms with E-state index in [2.05, 4.69) is 15.8 Å². The molecule has 1 N–H and O–H groups in total. The number of carbonyl (C=O) groups is 1. The molecule has 2 aliphatic rings. The molecule has 2 aliphatic heterocycles. The highest BCUT2D eigenvalue weighted by Gasteiger charge is 2.52. The highest BCUT2D eigenvalue weighted by atomic mass is 32.2. The number of ether oxygens (including phenoxy) is 2. The SMILES string of the molecule is CN(C)c1ccc(-c2cn(-c3ccc(S(=O)(=O)C4(C(=O)NOC5CCCCO5)CCOCC4)cc3)nn2)cc1. The molecule has 0 radical (unpaired) electrons. The van der Waals surface area contributed by atoms with Gasteiger partial charge in [0.05, 0.1) is 16.8 Å². The number of amides is 1. The van der Waals surface area contributed by atoms with Crippen LogP contribution in [0.4, 0.5) is 5.69 Å². The molecule has 2 aromatic carbocycles. The molecule has 0 bridgehead atoms. The van der Waals surface area contributed by atoms with E-state index < -0.39 is 26.8 Å². The monoisotopic (exact) mass is 555 g/mol. The third kappa shape index (κ3) is 5.55. The summed E-state index contributed by atoms with van der Waals surface area (Å²) in [5, 5.41) is 8.48. The third-order valence-electron chi connectivity index (χ3n) is 7.23. The number of hydrogen-bond acceptors (Lipinski definition) is 9. The first kappa shape index (κ1) is 27.3. The Kier molecular flexibility index (Phi) is 7.98. The van der Waals surface area contributed by atoms with E-state index in [-0.39, 0.29) is 31.0 Å². The third-order valence-corrected chi connectivity index (χ3v) is 9.75. The number of nitrogens with one attached hydrogen (secondary N) is 1. The van der Waals surface area contributed by atoms with Gasteiger partial charge < -0.3 is 14.4 Å². The molecule has 3 aromatic rings. The predicted octanol–water partition coefficient (Wildman–Crippen LogP) is 2.90. The van der Waals surface area contributed by atoms with Crippen LogP contribution in [0.5, 0.6) is 0 Å². The van der Waals surface area contributed by atoms with Crippen LogP contribution in [0.15, 0.2) is 59.6 Å². The molecule has 11 nitrogen and oxygen atoms in total. The highest BCUT2D eigenvalue weighted by Crippen LogP contribution is 2.36. The average Bonchev–Trinajstić information content (AvgIpc) is 3.47. The van der Waals surface area contributed by atoms with Crippen molar-refractivity contribution in [3.63, 3.8) is 0 Å². The maximum atomic E-state index is 13.9. The minimum absolute atomic E-state index is 0.0247. The zero-order valence-corrected chi connectivity index (χ0v) is 22.9. The van der Waals surface area contributed by atoms with Crippen LogP contribution in [-0.2, 0) is 28.9 Å². The summed E-state index contributed by atoms with van der Waals surface area (Å²) in [4.78, 5) is 20.8. The Morgan fingerprint density at radius 1 is 1.05 bits per heavy atom. The molecule has 5 rings (SSSR count). The standard InChI is InChI=1S/C27H33N5O6S/c1-31(2)21-8-6-20(7-9-21)24-19-32(30-28-24)22-10-12-23(13-11-22)39(34,35)27(14-17-36-18-15-27)26(33)29-38-25-5-3-4-16-37-25/h6-13,19,25H,3-5,14-18H2,1-2H3,(H,29,33). The Labute approximate surface area is 227 Å². The summed E-state index contributed by atoms with van der Waals surface area (Å²) in [6.07, 6.45) is 3.73. The maximum absolute atomic E-state index is 13.9. The normalized spacial score (nSPS) is 19.4. The molecule has 2 fully saturated rings. The van der Waals surface area contributed by atoms with Gasteiger partial charge in [-0.05, 0) is 62.1 Å². The number of aromatic nitrogens is 3. The van der Waals surface area contributed by atoms with Gasteiger partial charge >= 0.3 is 0 Å². The summed E-state index contributed by atoms with van der Waals surface area (Å²) in [6, 6.07) is 14.2. The molecule has 2 saturated heterocycles. The van der Waals surface area contributed by atoms with E-state index in [1.807, 2.05) is 43.3 Å². The van der Waals surface area contributed by atoms with Crippen molar-refractivity contribution < 1.29 is 27.5 Å². The fraction of sp³-hybridized carbons (Fsp3) is 0.444. The molecule has 0 spiro atoms. The Morgan fingerprint density at radius 3 is 2.41 bits per heavy atom. The fourth-order valence-electron chi connectivity index (χ4n) is 4.79. The second kappa shape index (κ2) is 11.4. The average molecular weight is 556 g/mol. The lowest BCUT2D eigenvalue weighted by Gasteiger charge is -2.35. The number of anilines is 1. The topological polar surface area (TPSA) is 125 Å². The molecule has 0 saturated carbocycles. The van der Waals surface area contributed by atoms with Crippen molar-refractivity contribution in [1.82, 2.24) is 20.5 Å². The van der Waals surface area contributed by atoms with Crippen LogP contribution in [-0.4, -0.2) is 74.3 Å². The van der Waals surface area contributed by atoms with Gasteiger partial charge in [0.2, 0.25) is 0 Å². The van der Waals surface area contributed by atoms with E-state index in [4.69, 9.17) is 14.3 Å². The second-order valence-corrected chi connectivity index (χ2v) is 12.2. The van der Waals surface area contributed by atoms with Gasteiger partial charge in [0.15, 0.2) is 20.9 Å². The first-order valence-electron chi connectivity index (χ1n) is 13.0. The van der Waals surface area contributed by atoms with Gasteiger partial charge in [0.1, 0.15) is 5.69 Å². The summed E-state index contributed by atoms with van der Waals surface area (Å²) >= 11 is 0. The molecular weight excluding hydrogens is 522 g/mol. The summed E-state index contributed by atoms with van der Waals surface area (Å²) in [5.41, 5.74) is 5.70. The Bertz CT molecular complexity index is 1380. The van der Waals surface area contributed by atoms with Crippen molar-refractivity contribution in [3.05, 3.63) is 54.7 Å². The zero-order chi connectivity index (χ0) is 27.5. The Morgan fingerprint density at radius 2 is 1.77 bits per heavy atom. The molecule has 1 amide bonds. The number of benzene rings is 2. The molecule has 1 aromatic heterocycles. The van der Waals surface area contributed by atoms with E-state index in [0.29, 0.717) is 24.4 Å². The fourth-order valence-corrected chi connectivity index (χ4v) is 6.73. The Balaban J connectivity index is 1.34. The number of hydrogen-bond donors (Lipinski definition) is 1. The lowest BCUT2D eigenvalue weighted by molar-refractivity contribution is -0.202. The minimum Gasteiger partial charge on any atom is -0.381 e. The van der Waals surface area contributed by atoms with Crippen LogP contribution in [0.2, 0.25) is 0 Å². The van der Waals surface area contributed by atoms with E-state index in [9.17, 15) is 13.2 Å². The molecule has 1 unspecified atom stereocenters. The van der Waals surface area contributed by atoms with Crippen molar-refractivity contribution in [2.45, 2.75) is 48.0 Å². The summed E-state index contributed by atoms with van der Waals surface area (Å²) in [5.74, 6) is -0.703. The second-order valence-electron chi connectivity index (χ2n) is 9.94. The number of rotatable bonds is 8. The summed E-state index contributed by atoms with van der Waals surface area (Å²) in [6.45, 7) is 0.851. The van der Waals surface area contributed by atoms with Crippen molar-refractivity contribution in [3.8, 4) is 16.9 Å². The molecule has 12 heteroatoms. The largest absolute Gasteiger partial charge is 0.381 e. The lowest BCUT2D eigenvalue weighted by Crippen LogP contribution is -2.56. The first-order chi connectivity index (χ1) is 18.8. The van der Waals surface area contributed by atoms with Crippen LogP contribution >= 0.6 is 0 Å². The summed E-state index contributed by atoms with van der Waals surface area (Å²) < 4.78 is 38.5. The smallest absolute Gasteiger partial charge is 0.265 e. The maximum Gasteiger partial charge on any atom is 0.265 e. The predicted molar refractivity (Wildman–Crippen MR) is 144 cm³/mol. The first-order valence-corrected chi connectivity index (χ1v) is 14.5. The van der Waals surface area contributed by atoms with E-state index in [0.717, 1.165) is 24.1 Å². The molecule has 1 atom stereocenters. The van der Waals surface area contributed by atoms with Gasteiger partial charge in [-0.3, -0.25) is 4.79 Å². The number of nitrogens with zero attached hydrogens (tertiary/aromatic N) is 4. The van der Waals surface area contributed by atoms with E-state index in [1.54, 1.807) is 23.0 Å².